The van der Waals surface area contributed by atoms with Crippen molar-refractivity contribution in [1.82, 2.24) is 5.32 Å². The fourth-order valence-electron chi connectivity index (χ4n) is 2.90. The molecule has 20 heavy (non-hydrogen) atoms. The molecule has 0 spiro atoms. The summed E-state index contributed by atoms with van der Waals surface area (Å²) in [6.45, 7) is 9.34. The molecular weight excluding hydrogens is 270 g/mol. The van der Waals surface area contributed by atoms with E-state index in [4.69, 9.17) is 0 Å². The van der Waals surface area contributed by atoms with Crippen molar-refractivity contribution in [2.75, 3.05) is 12.3 Å². The highest BCUT2D eigenvalue weighted by molar-refractivity contribution is 7.91. The topological polar surface area (TPSA) is 46.2 Å². The Labute approximate surface area is 122 Å². The number of benzene rings is 1. The third-order valence-electron chi connectivity index (χ3n) is 4.04. The van der Waals surface area contributed by atoms with Crippen molar-refractivity contribution < 1.29 is 8.42 Å². The molecule has 1 N–H and O–H groups in total. The van der Waals surface area contributed by atoms with Crippen LogP contribution >= 0.6 is 0 Å². The zero-order valence-corrected chi connectivity index (χ0v) is 13.6. The van der Waals surface area contributed by atoms with E-state index in [0.717, 1.165) is 18.5 Å². The zero-order valence-electron chi connectivity index (χ0n) is 12.8. The highest BCUT2D eigenvalue weighted by Gasteiger charge is 2.35. The summed E-state index contributed by atoms with van der Waals surface area (Å²) in [6, 6.07) is 5.98. The lowest BCUT2D eigenvalue weighted by Crippen LogP contribution is -2.36. The van der Waals surface area contributed by atoms with Crippen LogP contribution in [0.1, 0.15) is 57.2 Å². The van der Waals surface area contributed by atoms with Gasteiger partial charge in [0.25, 0.3) is 0 Å². The van der Waals surface area contributed by atoms with Crippen molar-refractivity contribution in [2.45, 2.75) is 51.0 Å². The van der Waals surface area contributed by atoms with Gasteiger partial charge in [0.05, 0.1) is 10.6 Å². The minimum Gasteiger partial charge on any atom is -0.310 e. The lowest BCUT2D eigenvalue weighted by atomic mass is 9.91. The van der Waals surface area contributed by atoms with Gasteiger partial charge in [-0.1, -0.05) is 39.8 Å². The average Bonchev–Trinajstić information content (AvgIpc) is 2.37. The number of rotatable bonds is 4. The highest BCUT2D eigenvalue weighted by Crippen LogP contribution is 2.37. The quantitative estimate of drug-likeness (QED) is 0.927. The van der Waals surface area contributed by atoms with Gasteiger partial charge in [-0.15, -0.1) is 0 Å². The largest absolute Gasteiger partial charge is 0.310 e. The Bertz CT molecular complexity index is 578. The minimum absolute atomic E-state index is 0.112. The molecule has 0 radical (unpaired) electrons. The van der Waals surface area contributed by atoms with E-state index >= 15 is 0 Å². The summed E-state index contributed by atoms with van der Waals surface area (Å²) in [5.41, 5.74) is 2.17. The monoisotopic (exact) mass is 295 g/mol. The molecule has 0 fully saturated rings. The Kier molecular flexibility index (Phi) is 4.55. The van der Waals surface area contributed by atoms with E-state index in [-0.39, 0.29) is 17.7 Å². The molecule has 0 aliphatic carbocycles. The molecule has 1 aromatic rings. The lowest BCUT2D eigenvalue weighted by molar-refractivity contribution is 0.395. The predicted octanol–water partition coefficient (Wildman–Crippen LogP) is 3.27. The van der Waals surface area contributed by atoms with Crippen molar-refractivity contribution in [2.24, 2.45) is 5.92 Å². The van der Waals surface area contributed by atoms with Crippen LogP contribution in [0.5, 0.6) is 0 Å². The molecule has 0 saturated carbocycles. The fraction of sp³-hybridized carbons (Fsp3) is 0.625. The Hall–Kier alpha value is -0.870. The van der Waals surface area contributed by atoms with Gasteiger partial charge in [0, 0.05) is 6.04 Å². The molecule has 1 aliphatic heterocycles. The molecule has 0 saturated heterocycles. The van der Waals surface area contributed by atoms with Gasteiger partial charge < -0.3 is 5.32 Å². The molecule has 2 atom stereocenters. The Morgan fingerprint density at radius 2 is 2.05 bits per heavy atom. The average molecular weight is 295 g/mol. The van der Waals surface area contributed by atoms with Crippen LogP contribution in [0.2, 0.25) is 0 Å². The summed E-state index contributed by atoms with van der Waals surface area (Å²) in [5, 5.41) is 3.52. The van der Waals surface area contributed by atoms with Crippen molar-refractivity contribution >= 4 is 9.84 Å². The fourth-order valence-corrected chi connectivity index (χ4v) is 4.79. The molecule has 112 valence electrons. The van der Waals surface area contributed by atoms with Crippen molar-refractivity contribution in [3.63, 3.8) is 0 Å². The second kappa shape index (κ2) is 5.86. The standard InChI is InChI=1S/C16H25NO2S/c1-5-8-17-16-12(4)10-20(18,19)15-7-6-13(11(2)3)9-14(15)16/h6-7,9,11-12,16-17H,5,8,10H2,1-4H3. The summed E-state index contributed by atoms with van der Waals surface area (Å²) in [6.07, 6.45) is 1.05. The summed E-state index contributed by atoms with van der Waals surface area (Å²) in [5.74, 6) is 0.760. The van der Waals surface area contributed by atoms with Gasteiger partial charge in [-0.3, -0.25) is 0 Å². The number of hydrogen-bond donors (Lipinski definition) is 1. The van der Waals surface area contributed by atoms with Gasteiger partial charge in [0.2, 0.25) is 0 Å². The van der Waals surface area contributed by atoms with Crippen LogP contribution in [0.4, 0.5) is 0 Å². The summed E-state index contributed by atoms with van der Waals surface area (Å²) < 4.78 is 24.7. The normalized spacial score (nSPS) is 24.6. The van der Waals surface area contributed by atoms with E-state index in [1.54, 1.807) is 6.07 Å². The third-order valence-corrected chi connectivity index (χ3v) is 6.04. The van der Waals surface area contributed by atoms with Crippen LogP contribution in [0.15, 0.2) is 23.1 Å². The first-order valence-electron chi connectivity index (χ1n) is 7.46. The SMILES string of the molecule is CCCNC1c2cc(C(C)C)ccc2S(=O)(=O)CC1C. The second-order valence-electron chi connectivity index (χ2n) is 6.14. The lowest BCUT2D eigenvalue weighted by Gasteiger charge is -2.32. The summed E-state index contributed by atoms with van der Waals surface area (Å²) in [4.78, 5) is 0.522. The molecule has 2 rings (SSSR count). The van der Waals surface area contributed by atoms with E-state index in [1.165, 1.54) is 5.56 Å². The summed E-state index contributed by atoms with van der Waals surface area (Å²) in [7, 11) is -3.13. The van der Waals surface area contributed by atoms with E-state index < -0.39 is 9.84 Å². The van der Waals surface area contributed by atoms with E-state index in [1.807, 2.05) is 13.0 Å². The Morgan fingerprint density at radius 3 is 2.65 bits per heavy atom. The molecule has 4 heteroatoms. The first-order chi connectivity index (χ1) is 9.36. The van der Waals surface area contributed by atoms with Gasteiger partial charge in [-0.05, 0) is 42.0 Å². The molecule has 1 aromatic carbocycles. The van der Waals surface area contributed by atoms with Gasteiger partial charge in [-0.2, -0.15) is 0 Å². The predicted molar refractivity (Wildman–Crippen MR) is 82.8 cm³/mol. The zero-order chi connectivity index (χ0) is 14.9. The van der Waals surface area contributed by atoms with Crippen LogP contribution in [0.25, 0.3) is 0 Å². The molecule has 0 bridgehead atoms. The van der Waals surface area contributed by atoms with Crippen LogP contribution < -0.4 is 5.32 Å². The van der Waals surface area contributed by atoms with Crippen LogP contribution in [-0.2, 0) is 9.84 Å². The van der Waals surface area contributed by atoms with E-state index in [2.05, 4.69) is 32.2 Å². The third kappa shape index (κ3) is 2.91. The highest BCUT2D eigenvalue weighted by atomic mass is 32.2. The molecule has 0 aromatic heterocycles. The van der Waals surface area contributed by atoms with Gasteiger partial charge in [0.15, 0.2) is 9.84 Å². The molecule has 1 aliphatic rings. The van der Waals surface area contributed by atoms with Crippen molar-refractivity contribution in [3.8, 4) is 0 Å². The maximum atomic E-state index is 12.4. The maximum Gasteiger partial charge on any atom is 0.179 e. The van der Waals surface area contributed by atoms with Crippen LogP contribution in [0, 0.1) is 5.92 Å². The van der Waals surface area contributed by atoms with Crippen molar-refractivity contribution in [3.05, 3.63) is 29.3 Å². The first-order valence-corrected chi connectivity index (χ1v) is 9.12. The van der Waals surface area contributed by atoms with Crippen LogP contribution in [-0.4, -0.2) is 20.7 Å². The maximum absolute atomic E-state index is 12.4. The van der Waals surface area contributed by atoms with E-state index in [9.17, 15) is 8.42 Å². The molecular formula is C16H25NO2S. The van der Waals surface area contributed by atoms with Gasteiger partial charge in [0.1, 0.15) is 0 Å². The number of fused-ring (bicyclic) bond motifs is 1. The summed E-state index contributed by atoms with van der Waals surface area (Å²) >= 11 is 0. The van der Waals surface area contributed by atoms with Crippen LogP contribution in [0.3, 0.4) is 0 Å². The Morgan fingerprint density at radius 1 is 1.35 bits per heavy atom. The minimum atomic E-state index is -3.13. The molecule has 0 amide bonds. The van der Waals surface area contributed by atoms with Gasteiger partial charge in [-0.25, -0.2) is 8.42 Å². The first kappa shape index (κ1) is 15.5. The van der Waals surface area contributed by atoms with Gasteiger partial charge >= 0.3 is 0 Å². The van der Waals surface area contributed by atoms with Crippen molar-refractivity contribution in [1.29, 1.82) is 0 Å². The van der Waals surface area contributed by atoms with E-state index in [0.29, 0.717) is 10.8 Å². The number of hydrogen-bond acceptors (Lipinski definition) is 3. The number of sulfone groups is 1. The smallest absolute Gasteiger partial charge is 0.179 e. The number of nitrogens with one attached hydrogen (secondary N) is 1. The Balaban J connectivity index is 2.52. The molecule has 2 unspecified atom stereocenters. The second-order valence-corrected chi connectivity index (χ2v) is 8.15. The molecule has 1 heterocycles. The molecule has 3 nitrogen and oxygen atoms in total.